The van der Waals surface area contributed by atoms with Gasteiger partial charge in [-0.2, -0.15) is 0 Å². The predicted octanol–water partition coefficient (Wildman–Crippen LogP) is 5.54. The predicted molar refractivity (Wildman–Crippen MR) is 165 cm³/mol. The molecule has 1 N–H and O–H groups in total. The Balaban J connectivity index is 2.13. The molecule has 0 heterocycles. The minimum absolute atomic E-state index is 0.0303. The summed E-state index contributed by atoms with van der Waals surface area (Å²) in [7, 11) is -1.44. The molecule has 226 valence electrons. The highest BCUT2D eigenvalue weighted by Crippen LogP contribution is 2.36. The molecular formula is C30H35Cl2N3O6S. The number of anilines is 1. The van der Waals surface area contributed by atoms with Crippen molar-refractivity contribution in [2.45, 2.75) is 50.7 Å². The molecular weight excluding hydrogens is 601 g/mol. The zero-order valence-corrected chi connectivity index (χ0v) is 26.7. The average molecular weight is 637 g/mol. The minimum Gasteiger partial charge on any atom is -0.497 e. The van der Waals surface area contributed by atoms with Gasteiger partial charge in [0.2, 0.25) is 11.8 Å². The Bertz CT molecular complexity index is 1530. The Labute approximate surface area is 257 Å². The molecule has 0 saturated heterocycles. The molecule has 3 aromatic carbocycles. The van der Waals surface area contributed by atoms with Crippen LogP contribution >= 0.6 is 23.2 Å². The molecule has 0 aliphatic heterocycles. The lowest BCUT2D eigenvalue weighted by molar-refractivity contribution is -0.140. The Hall–Kier alpha value is -3.47. The quantitative estimate of drug-likeness (QED) is 0.297. The third kappa shape index (κ3) is 8.08. The summed E-state index contributed by atoms with van der Waals surface area (Å²) >= 11 is 12.3. The maximum Gasteiger partial charge on any atom is 0.264 e. The molecule has 0 aliphatic carbocycles. The van der Waals surface area contributed by atoms with E-state index in [9.17, 15) is 18.0 Å². The van der Waals surface area contributed by atoms with Crippen LogP contribution < -0.4 is 19.1 Å². The van der Waals surface area contributed by atoms with E-state index >= 15 is 0 Å². The summed E-state index contributed by atoms with van der Waals surface area (Å²) in [5.74, 6) is -0.482. The Kier molecular flexibility index (Phi) is 10.8. The van der Waals surface area contributed by atoms with Gasteiger partial charge in [0, 0.05) is 18.2 Å². The van der Waals surface area contributed by atoms with Crippen LogP contribution in [0.15, 0.2) is 71.6 Å². The maximum atomic E-state index is 14.1. The largest absolute Gasteiger partial charge is 0.497 e. The van der Waals surface area contributed by atoms with Crippen molar-refractivity contribution in [3.8, 4) is 11.5 Å². The number of nitrogens with zero attached hydrogens (tertiary/aromatic N) is 2. The second kappa shape index (κ2) is 13.7. The van der Waals surface area contributed by atoms with Gasteiger partial charge in [-0.25, -0.2) is 8.42 Å². The molecule has 1 atom stereocenters. The van der Waals surface area contributed by atoms with E-state index in [2.05, 4.69) is 5.32 Å². The third-order valence-electron chi connectivity index (χ3n) is 6.27. The molecule has 0 spiro atoms. The third-order valence-corrected chi connectivity index (χ3v) is 8.78. The number of carbonyl (C=O) groups excluding carboxylic acids is 2. The standard InChI is InChI=1S/C30H35Cl2N3O6S/c1-20(29(37)33-30(2,3)4)34(18-21-12-14-24(31)25(32)16-21)28(36)19-35(42(38,39)23-10-8-7-9-11-23)26-17-22(40-5)13-15-27(26)41-6/h7-17,20H,18-19H2,1-6H3,(H,33,37)/t20-/m0/s1. The van der Waals surface area contributed by atoms with E-state index < -0.39 is 40.0 Å². The molecule has 42 heavy (non-hydrogen) atoms. The van der Waals surface area contributed by atoms with Crippen molar-refractivity contribution in [1.29, 1.82) is 0 Å². The summed E-state index contributed by atoms with van der Waals surface area (Å²) in [6.07, 6.45) is 0. The van der Waals surface area contributed by atoms with E-state index in [-0.39, 0.29) is 27.9 Å². The zero-order chi connectivity index (χ0) is 31.2. The lowest BCUT2D eigenvalue weighted by Gasteiger charge is -2.33. The highest BCUT2D eigenvalue weighted by Gasteiger charge is 2.34. The van der Waals surface area contributed by atoms with Crippen LogP contribution in [0.3, 0.4) is 0 Å². The number of hydrogen-bond acceptors (Lipinski definition) is 6. The van der Waals surface area contributed by atoms with Crippen molar-refractivity contribution in [2.75, 3.05) is 25.1 Å². The fourth-order valence-electron chi connectivity index (χ4n) is 4.12. The highest BCUT2D eigenvalue weighted by atomic mass is 35.5. The lowest BCUT2D eigenvalue weighted by atomic mass is 10.1. The van der Waals surface area contributed by atoms with Gasteiger partial charge in [0.05, 0.1) is 34.8 Å². The first-order valence-corrected chi connectivity index (χ1v) is 15.2. The molecule has 0 radical (unpaired) electrons. The fourth-order valence-corrected chi connectivity index (χ4v) is 5.87. The van der Waals surface area contributed by atoms with Gasteiger partial charge in [0.1, 0.15) is 24.1 Å². The van der Waals surface area contributed by atoms with Gasteiger partial charge in [0.25, 0.3) is 10.0 Å². The first-order chi connectivity index (χ1) is 19.7. The first-order valence-electron chi connectivity index (χ1n) is 13.0. The van der Waals surface area contributed by atoms with Crippen LogP contribution in [0.4, 0.5) is 5.69 Å². The van der Waals surface area contributed by atoms with Gasteiger partial charge in [-0.15, -0.1) is 0 Å². The first kappa shape index (κ1) is 33.0. The fraction of sp³-hybridized carbons (Fsp3) is 0.333. The molecule has 0 bridgehead atoms. The van der Waals surface area contributed by atoms with Gasteiger partial charge in [-0.05, 0) is 69.7 Å². The molecule has 2 amide bonds. The SMILES string of the molecule is COc1ccc(OC)c(N(CC(=O)N(Cc2ccc(Cl)c(Cl)c2)[C@@H](C)C(=O)NC(C)(C)C)S(=O)(=O)c2ccccc2)c1. The summed E-state index contributed by atoms with van der Waals surface area (Å²) < 4.78 is 39.9. The van der Waals surface area contributed by atoms with Crippen molar-refractivity contribution in [3.05, 3.63) is 82.3 Å². The summed E-state index contributed by atoms with van der Waals surface area (Å²) in [6, 6.07) is 16.3. The number of methoxy groups -OCH3 is 2. The number of ether oxygens (including phenoxy) is 2. The Morgan fingerprint density at radius 3 is 2.17 bits per heavy atom. The molecule has 0 saturated carbocycles. The molecule has 0 aromatic heterocycles. The van der Waals surface area contributed by atoms with Crippen molar-refractivity contribution < 1.29 is 27.5 Å². The van der Waals surface area contributed by atoms with Crippen LogP contribution in [0.2, 0.25) is 10.0 Å². The van der Waals surface area contributed by atoms with Crippen LogP contribution in [0.25, 0.3) is 0 Å². The number of hydrogen-bond donors (Lipinski definition) is 1. The van der Waals surface area contributed by atoms with Crippen LogP contribution in [-0.4, -0.2) is 57.5 Å². The molecule has 0 unspecified atom stereocenters. The Morgan fingerprint density at radius 1 is 0.929 bits per heavy atom. The average Bonchev–Trinajstić information content (AvgIpc) is 2.95. The summed E-state index contributed by atoms with van der Waals surface area (Å²) in [4.78, 5) is 28.7. The molecule has 3 aromatic rings. The molecule has 0 fully saturated rings. The molecule has 12 heteroatoms. The van der Waals surface area contributed by atoms with Crippen molar-refractivity contribution >= 4 is 50.7 Å². The van der Waals surface area contributed by atoms with Gasteiger partial charge in [-0.3, -0.25) is 13.9 Å². The number of halogens is 2. The van der Waals surface area contributed by atoms with Gasteiger partial charge in [0.15, 0.2) is 0 Å². The number of amides is 2. The molecule has 9 nitrogen and oxygen atoms in total. The summed E-state index contributed by atoms with van der Waals surface area (Å²) in [5, 5.41) is 3.50. The van der Waals surface area contributed by atoms with E-state index in [1.54, 1.807) is 55.5 Å². The van der Waals surface area contributed by atoms with E-state index in [0.29, 0.717) is 16.3 Å². The van der Waals surface area contributed by atoms with Gasteiger partial charge in [-0.1, -0.05) is 47.5 Å². The van der Waals surface area contributed by atoms with Crippen molar-refractivity contribution in [3.63, 3.8) is 0 Å². The molecule has 0 aliphatic rings. The van der Waals surface area contributed by atoms with Gasteiger partial charge >= 0.3 is 0 Å². The van der Waals surface area contributed by atoms with Crippen LogP contribution in [0.5, 0.6) is 11.5 Å². The van der Waals surface area contributed by atoms with E-state index in [0.717, 1.165) is 4.31 Å². The second-order valence-corrected chi connectivity index (χ2v) is 13.2. The topological polar surface area (TPSA) is 105 Å². The Morgan fingerprint density at radius 2 is 1.60 bits per heavy atom. The monoisotopic (exact) mass is 635 g/mol. The molecule has 3 rings (SSSR count). The van der Waals surface area contributed by atoms with E-state index in [1.807, 2.05) is 20.8 Å². The van der Waals surface area contributed by atoms with Crippen molar-refractivity contribution in [1.82, 2.24) is 10.2 Å². The van der Waals surface area contributed by atoms with Crippen LogP contribution in [-0.2, 0) is 26.2 Å². The number of sulfonamides is 1. The summed E-state index contributed by atoms with van der Waals surface area (Å²) in [5.41, 5.74) is 0.125. The highest BCUT2D eigenvalue weighted by molar-refractivity contribution is 7.92. The number of nitrogens with one attached hydrogen (secondary N) is 1. The van der Waals surface area contributed by atoms with Crippen molar-refractivity contribution in [2.24, 2.45) is 0 Å². The maximum absolute atomic E-state index is 14.1. The number of carbonyl (C=O) groups is 2. The number of benzene rings is 3. The number of rotatable bonds is 11. The minimum atomic E-state index is -4.29. The second-order valence-electron chi connectivity index (χ2n) is 10.5. The smallest absolute Gasteiger partial charge is 0.264 e. The van der Waals surface area contributed by atoms with Crippen LogP contribution in [0.1, 0.15) is 33.3 Å². The van der Waals surface area contributed by atoms with Gasteiger partial charge < -0.3 is 19.7 Å². The van der Waals surface area contributed by atoms with E-state index in [4.69, 9.17) is 32.7 Å². The normalized spacial score (nSPS) is 12.3. The van der Waals surface area contributed by atoms with E-state index in [1.165, 1.54) is 37.3 Å². The zero-order valence-electron chi connectivity index (χ0n) is 24.4. The van der Waals surface area contributed by atoms with Crippen LogP contribution in [0, 0.1) is 0 Å². The summed E-state index contributed by atoms with van der Waals surface area (Å²) in [6.45, 7) is 6.38. The lowest BCUT2D eigenvalue weighted by Crippen LogP contribution is -2.54.